The van der Waals surface area contributed by atoms with Crippen molar-refractivity contribution in [2.45, 2.75) is 0 Å². The van der Waals surface area contributed by atoms with E-state index < -0.39 is 0 Å². The van der Waals surface area contributed by atoms with Crippen LogP contribution < -0.4 is 5.32 Å². The van der Waals surface area contributed by atoms with Crippen LogP contribution in [-0.4, -0.2) is 54.0 Å². The summed E-state index contributed by atoms with van der Waals surface area (Å²) in [6.45, 7) is 3.78. The zero-order chi connectivity index (χ0) is 16.7. The third-order valence-electron chi connectivity index (χ3n) is 4.50. The van der Waals surface area contributed by atoms with Gasteiger partial charge in [0, 0.05) is 42.5 Å². The first-order valence-corrected chi connectivity index (χ1v) is 8.40. The average molecular weight is 343 g/mol. The number of piperazine rings is 1. The Morgan fingerprint density at radius 3 is 2.58 bits per heavy atom. The summed E-state index contributed by atoms with van der Waals surface area (Å²) in [7, 11) is 2.13. The molecule has 0 aromatic heterocycles. The zero-order valence-electron chi connectivity index (χ0n) is 13.5. The van der Waals surface area contributed by atoms with Crippen LogP contribution in [0.15, 0.2) is 41.4 Å². The van der Waals surface area contributed by atoms with Crippen molar-refractivity contribution in [3.63, 3.8) is 0 Å². The minimum absolute atomic E-state index is 0.237. The maximum absolute atomic E-state index is 9.97. The zero-order valence-corrected chi connectivity index (χ0v) is 14.2. The second-order valence-corrected chi connectivity index (χ2v) is 6.68. The van der Waals surface area contributed by atoms with E-state index >= 15 is 0 Å². The fraction of sp³-hybridized carbons (Fsp3) is 0.278. The van der Waals surface area contributed by atoms with Crippen LogP contribution in [0.1, 0.15) is 5.56 Å². The Morgan fingerprint density at radius 1 is 1.04 bits per heavy atom. The highest BCUT2D eigenvalue weighted by Crippen LogP contribution is 2.37. The summed E-state index contributed by atoms with van der Waals surface area (Å²) in [6.07, 6.45) is 0. The number of aromatic hydroxyl groups is 1. The molecule has 2 aliphatic heterocycles. The number of halogens is 1. The van der Waals surface area contributed by atoms with Gasteiger partial charge in [-0.25, -0.2) is 4.99 Å². The van der Waals surface area contributed by atoms with Gasteiger partial charge in [0.05, 0.1) is 11.4 Å². The predicted molar refractivity (Wildman–Crippen MR) is 98.1 cm³/mol. The van der Waals surface area contributed by atoms with Crippen LogP contribution in [0.5, 0.6) is 5.75 Å². The Morgan fingerprint density at radius 2 is 1.79 bits per heavy atom. The Kier molecular flexibility index (Phi) is 3.82. The molecule has 0 atom stereocenters. The van der Waals surface area contributed by atoms with E-state index in [-0.39, 0.29) is 5.75 Å². The monoisotopic (exact) mass is 342 g/mol. The van der Waals surface area contributed by atoms with Crippen molar-refractivity contribution in [2.24, 2.45) is 4.99 Å². The topological polar surface area (TPSA) is 51.1 Å². The SMILES string of the molecule is CN1CCN(C2=Nc3cc(Cl)ccc3Nc3ccc(O)cc32)CC1. The maximum atomic E-state index is 9.97. The van der Waals surface area contributed by atoms with Crippen molar-refractivity contribution < 1.29 is 5.11 Å². The molecular formula is C18H19ClN4O. The van der Waals surface area contributed by atoms with E-state index in [0.717, 1.165) is 54.6 Å². The van der Waals surface area contributed by atoms with E-state index in [4.69, 9.17) is 16.6 Å². The molecule has 1 fully saturated rings. The lowest BCUT2D eigenvalue weighted by atomic mass is 10.1. The quantitative estimate of drug-likeness (QED) is 0.720. The molecule has 2 heterocycles. The van der Waals surface area contributed by atoms with Crippen molar-refractivity contribution >= 4 is 34.5 Å². The molecule has 0 amide bonds. The van der Waals surface area contributed by atoms with Crippen LogP contribution in [0.25, 0.3) is 0 Å². The number of anilines is 2. The number of nitrogens with zero attached hydrogens (tertiary/aromatic N) is 3. The van der Waals surface area contributed by atoms with Crippen LogP contribution in [0.4, 0.5) is 17.1 Å². The highest BCUT2D eigenvalue weighted by Gasteiger charge is 2.24. The number of amidine groups is 1. The summed E-state index contributed by atoms with van der Waals surface area (Å²) in [5.41, 5.74) is 3.57. The Bertz CT molecular complexity index is 813. The first-order valence-electron chi connectivity index (χ1n) is 8.02. The highest BCUT2D eigenvalue weighted by atomic mass is 35.5. The van der Waals surface area contributed by atoms with E-state index in [0.29, 0.717) is 5.02 Å². The van der Waals surface area contributed by atoms with Gasteiger partial charge in [0.15, 0.2) is 0 Å². The van der Waals surface area contributed by atoms with Gasteiger partial charge < -0.3 is 20.2 Å². The molecule has 0 bridgehead atoms. The number of benzene rings is 2. The minimum atomic E-state index is 0.237. The molecule has 0 saturated carbocycles. The molecule has 24 heavy (non-hydrogen) atoms. The number of nitrogens with one attached hydrogen (secondary N) is 1. The molecule has 0 aliphatic carbocycles. The number of aliphatic imine (C=N–C) groups is 1. The lowest BCUT2D eigenvalue weighted by Gasteiger charge is -2.34. The number of hydrogen-bond donors (Lipinski definition) is 2. The van der Waals surface area contributed by atoms with E-state index in [9.17, 15) is 5.11 Å². The number of phenols is 1. The van der Waals surface area contributed by atoms with E-state index in [1.54, 1.807) is 12.1 Å². The van der Waals surface area contributed by atoms with Gasteiger partial charge in [-0.15, -0.1) is 0 Å². The van der Waals surface area contributed by atoms with Gasteiger partial charge in [0.1, 0.15) is 11.6 Å². The first-order chi connectivity index (χ1) is 11.6. The average Bonchev–Trinajstić information content (AvgIpc) is 2.72. The number of fused-ring (bicyclic) bond motifs is 2. The third kappa shape index (κ3) is 2.81. The second kappa shape index (κ2) is 6.00. The predicted octanol–water partition coefficient (Wildman–Crippen LogP) is 3.43. The molecule has 4 rings (SSSR count). The standard InChI is InChI=1S/C18H19ClN4O/c1-22-6-8-23(9-7-22)18-14-11-13(24)3-5-15(14)20-16-4-2-12(19)10-17(16)21-18/h2-5,10-11,20,24H,6-9H2,1H3. The molecule has 2 aromatic rings. The summed E-state index contributed by atoms with van der Waals surface area (Å²) in [5, 5.41) is 14.0. The molecular weight excluding hydrogens is 324 g/mol. The van der Waals surface area contributed by atoms with Crippen LogP contribution in [0.3, 0.4) is 0 Å². The molecule has 124 valence electrons. The molecule has 0 spiro atoms. The molecule has 2 aliphatic rings. The summed E-state index contributed by atoms with van der Waals surface area (Å²) in [5.74, 6) is 1.11. The van der Waals surface area contributed by atoms with Crippen molar-refractivity contribution in [2.75, 3.05) is 38.5 Å². The fourth-order valence-electron chi connectivity index (χ4n) is 3.11. The van der Waals surface area contributed by atoms with E-state index in [1.807, 2.05) is 24.3 Å². The maximum Gasteiger partial charge on any atom is 0.138 e. The van der Waals surface area contributed by atoms with Crippen molar-refractivity contribution in [3.05, 3.63) is 47.0 Å². The van der Waals surface area contributed by atoms with Crippen molar-refractivity contribution in [3.8, 4) is 5.75 Å². The van der Waals surface area contributed by atoms with Gasteiger partial charge in [0.2, 0.25) is 0 Å². The number of hydrogen-bond acceptors (Lipinski definition) is 5. The Labute approximate surface area is 146 Å². The number of rotatable bonds is 0. The van der Waals surface area contributed by atoms with Gasteiger partial charge in [-0.2, -0.15) is 0 Å². The molecule has 6 heteroatoms. The number of likely N-dealkylation sites (N-methyl/N-ethyl adjacent to an activating group) is 1. The Hall–Kier alpha value is -2.24. The van der Waals surface area contributed by atoms with Crippen LogP contribution >= 0.6 is 11.6 Å². The second-order valence-electron chi connectivity index (χ2n) is 6.24. The summed E-state index contributed by atoms with van der Waals surface area (Å²) < 4.78 is 0. The molecule has 2 N–H and O–H groups in total. The van der Waals surface area contributed by atoms with Gasteiger partial charge in [0.25, 0.3) is 0 Å². The minimum Gasteiger partial charge on any atom is -0.508 e. The summed E-state index contributed by atoms with van der Waals surface area (Å²) in [6, 6.07) is 11.0. The smallest absolute Gasteiger partial charge is 0.138 e. The fourth-order valence-corrected chi connectivity index (χ4v) is 3.27. The lowest BCUT2D eigenvalue weighted by molar-refractivity contribution is 0.216. The van der Waals surface area contributed by atoms with Gasteiger partial charge in [-0.1, -0.05) is 11.6 Å². The van der Waals surface area contributed by atoms with Gasteiger partial charge >= 0.3 is 0 Å². The van der Waals surface area contributed by atoms with Crippen molar-refractivity contribution in [1.29, 1.82) is 0 Å². The Balaban J connectivity index is 1.85. The molecule has 1 saturated heterocycles. The third-order valence-corrected chi connectivity index (χ3v) is 4.74. The molecule has 0 radical (unpaired) electrons. The molecule has 2 aromatic carbocycles. The lowest BCUT2D eigenvalue weighted by Crippen LogP contribution is -2.47. The van der Waals surface area contributed by atoms with Crippen LogP contribution in [0, 0.1) is 0 Å². The largest absolute Gasteiger partial charge is 0.508 e. The van der Waals surface area contributed by atoms with Gasteiger partial charge in [-0.3, -0.25) is 0 Å². The normalized spacial score (nSPS) is 17.4. The van der Waals surface area contributed by atoms with E-state index in [2.05, 4.69) is 22.2 Å². The molecule has 5 nitrogen and oxygen atoms in total. The number of phenolic OH excluding ortho intramolecular Hbond substituents is 1. The van der Waals surface area contributed by atoms with Crippen LogP contribution in [-0.2, 0) is 0 Å². The summed E-state index contributed by atoms with van der Waals surface area (Å²) in [4.78, 5) is 9.48. The molecule has 0 unspecified atom stereocenters. The van der Waals surface area contributed by atoms with E-state index in [1.165, 1.54) is 0 Å². The van der Waals surface area contributed by atoms with Crippen molar-refractivity contribution in [1.82, 2.24) is 9.80 Å². The van der Waals surface area contributed by atoms with Gasteiger partial charge in [-0.05, 0) is 43.4 Å². The van der Waals surface area contributed by atoms with Crippen LogP contribution in [0.2, 0.25) is 5.02 Å². The summed E-state index contributed by atoms with van der Waals surface area (Å²) >= 11 is 6.16. The highest BCUT2D eigenvalue weighted by molar-refractivity contribution is 6.31. The first kappa shape index (κ1) is 15.3.